The molecule has 0 spiro atoms. The van der Waals surface area contributed by atoms with E-state index in [1.165, 1.54) is 0 Å². The minimum absolute atomic E-state index is 0.0671. The average molecular weight is 347 g/mol. The number of thiazole rings is 1. The van der Waals surface area contributed by atoms with Crippen molar-refractivity contribution in [2.24, 2.45) is 0 Å². The normalized spacial score (nSPS) is 12.5. The molecule has 130 valence electrons. The fraction of sp³-hybridized carbons (Fsp3) is 0.500. The molecule has 4 heteroatoms. The number of aromatic hydroxyl groups is 1. The van der Waals surface area contributed by atoms with E-state index in [1.807, 2.05) is 34.5 Å². The smallest absolute Gasteiger partial charge is 0.227 e. The van der Waals surface area contributed by atoms with Crippen molar-refractivity contribution < 1.29 is 14.5 Å². The van der Waals surface area contributed by atoms with Crippen molar-refractivity contribution in [2.75, 3.05) is 0 Å². The van der Waals surface area contributed by atoms with Gasteiger partial charge >= 0.3 is 0 Å². The second-order valence-corrected chi connectivity index (χ2v) is 9.19. The quantitative estimate of drug-likeness (QED) is 0.655. The van der Waals surface area contributed by atoms with Crippen LogP contribution in [0.2, 0.25) is 0 Å². The van der Waals surface area contributed by atoms with E-state index in [4.69, 9.17) is 0 Å². The van der Waals surface area contributed by atoms with Gasteiger partial charge < -0.3 is 5.11 Å². The number of carbonyl (C=O) groups excluding carboxylic acids is 1. The summed E-state index contributed by atoms with van der Waals surface area (Å²) in [7, 11) is 0. The lowest BCUT2D eigenvalue weighted by atomic mass is 9.78. The Bertz CT molecular complexity index is 726. The fourth-order valence-corrected chi connectivity index (χ4v) is 3.48. The first-order valence-electron chi connectivity index (χ1n) is 8.24. The van der Waals surface area contributed by atoms with Crippen LogP contribution in [0.15, 0.2) is 23.0 Å². The molecule has 3 nitrogen and oxygen atoms in total. The molecule has 1 aromatic carbocycles. The predicted molar refractivity (Wildman–Crippen MR) is 99.1 cm³/mol. The van der Waals surface area contributed by atoms with Gasteiger partial charge in [-0.15, -0.1) is 0 Å². The molecule has 0 fully saturated rings. The first kappa shape index (κ1) is 18.7. The van der Waals surface area contributed by atoms with Crippen molar-refractivity contribution in [1.82, 2.24) is 0 Å². The highest BCUT2D eigenvalue weighted by Crippen LogP contribution is 2.39. The number of benzene rings is 1. The first-order chi connectivity index (χ1) is 10.9. The molecule has 0 atom stereocenters. The molecular weight excluding hydrogens is 318 g/mol. The number of rotatable bonds is 3. The molecule has 0 saturated heterocycles. The number of nitrogens with zero attached hydrogens (tertiary/aromatic N) is 1. The predicted octanol–water partition coefficient (Wildman–Crippen LogP) is 4.53. The van der Waals surface area contributed by atoms with E-state index in [-0.39, 0.29) is 16.6 Å². The third-order valence-electron chi connectivity index (χ3n) is 4.24. The maximum Gasteiger partial charge on any atom is 0.227 e. The number of aromatic nitrogens is 1. The van der Waals surface area contributed by atoms with Crippen LogP contribution >= 0.6 is 11.3 Å². The summed E-state index contributed by atoms with van der Waals surface area (Å²) in [5.74, 6) is 0.378. The molecule has 2 rings (SSSR count). The minimum Gasteiger partial charge on any atom is -0.507 e. The largest absolute Gasteiger partial charge is 0.507 e. The summed E-state index contributed by atoms with van der Waals surface area (Å²) in [6.07, 6.45) is 0. The van der Waals surface area contributed by atoms with Crippen LogP contribution in [0, 0.1) is 6.92 Å². The van der Waals surface area contributed by atoms with E-state index < -0.39 is 0 Å². The third kappa shape index (κ3) is 3.86. The zero-order valence-electron chi connectivity index (χ0n) is 15.7. The number of Topliss-reactive ketones (excluding diaryl/α,β-unsaturated/α-hetero) is 1. The molecule has 0 saturated carbocycles. The van der Waals surface area contributed by atoms with E-state index in [0.29, 0.717) is 17.9 Å². The number of ketones is 1. The Morgan fingerprint density at radius 3 is 1.96 bits per heavy atom. The molecule has 0 radical (unpaired) electrons. The van der Waals surface area contributed by atoms with Crippen LogP contribution in [0.5, 0.6) is 5.75 Å². The minimum atomic E-state index is -0.230. The zero-order chi connectivity index (χ0) is 18.3. The van der Waals surface area contributed by atoms with E-state index in [1.54, 1.807) is 11.3 Å². The van der Waals surface area contributed by atoms with Gasteiger partial charge in [-0.25, -0.2) is 0 Å². The Balaban J connectivity index is 2.54. The second-order valence-electron chi connectivity index (χ2n) is 8.47. The first-order valence-corrected chi connectivity index (χ1v) is 9.19. The van der Waals surface area contributed by atoms with Crippen LogP contribution in [-0.4, -0.2) is 10.9 Å². The van der Waals surface area contributed by atoms with Gasteiger partial charge in [0.2, 0.25) is 17.8 Å². The summed E-state index contributed by atoms with van der Waals surface area (Å²) >= 11 is 1.59. The van der Waals surface area contributed by atoms with E-state index in [0.717, 1.165) is 16.8 Å². The van der Waals surface area contributed by atoms with Gasteiger partial charge in [0.25, 0.3) is 0 Å². The molecule has 0 aliphatic rings. The van der Waals surface area contributed by atoms with Crippen LogP contribution in [0.3, 0.4) is 0 Å². The Labute approximate surface area is 149 Å². The monoisotopic (exact) mass is 346 g/mol. The van der Waals surface area contributed by atoms with Crippen molar-refractivity contribution in [3.05, 3.63) is 45.4 Å². The highest BCUT2D eigenvalue weighted by Gasteiger charge is 2.28. The fourth-order valence-electron chi connectivity index (χ4n) is 2.70. The summed E-state index contributed by atoms with van der Waals surface area (Å²) in [5.41, 5.74) is 4.90. The molecule has 0 aliphatic heterocycles. The van der Waals surface area contributed by atoms with Gasteiger partial charge in [-0.2, -0.15) is 4.57 Å². The maximum absolute atomic E-state index is 12.8. The lowest BCUT2D eigenvalue weighted by Gasteiger charge is -2.27. The van der Waals surface area contributed by atoms with Gasteiger partial charge in [-0.1, -0.05) is 52.9 Å². The van der Waals surface area contributed by atoms with Crippen molar-refractivity contribution in [1.29, 1.82) is 0 Å². The maximum atomic E-state index is 12.8. The highest BCUT2D eigenvalue weighted by atomic mass is 32.1. The molecular formula is C20H28NO2S+. The van der Waals surface area contributed by atoms with Gasteiger partial charge in [0, 0.05) is 23.6 Å². The highest BCUT2D eigenvalue weighted by molar-refractivity contribution is 7.07. The summed E-state index contributed by atoms with van der Waals surface area (Å²) in [6, 6.07) is 3.71. The number of hydrogen-bond donors (Lipinski definition) is 1. The van der Waals surface area contributed by atoms with Gasteiger partial charge in [0.1, 0.15) is 5.75 Å². The molecule has 2 aromatic rings. The zero-order valence-corrected chi connectivity index (χ0v) is 16.5. The van der Waals surface area contributed by atoms with Crippen molar-refractivity contribution in [3.8, 4) is 5.75 Å². The van der Waals surface area contributed by atoms with Crippen LogP contribution < -0.4 is 4.57 Å². The van der Waals surface area contributed by atoms with Crippen molar-refractivity contribution in [2.45, 2.75) is 65.8 Å². The SMILES string of the molecule is Cc1csc[n+]1CC(=O)c1cc(C(C)(C)C)c(O)c(C(C)(C)C)c1. The van der Waals surface area contributed by atoms with Crippen LogP contribution in [0.25, 0.3) is 0 Å². The van der Waals surface area contributed by atoms with Gasteiger partial charge in [-0.05, 0) is 23.0 Å². The number of aryl methyl sites for hydroxylation is 1. The Morgan fingerprint density at radius 1 is 1.08 bits per heavy atom. The van der Waals surface area contributed by atoms with Gasteiger partial charge in [0.05, 0.1) is 5.38 Å². The Hall–Kier alpha value is -1.68. The van der Waals surface area contributed by atoms with Crippen molar-refractivity contribution >= 4 is 17.1 Å². The number of phenolic OH excluding ortho intramolecular Hbond substituents is 1. The van der Waals surface area contributed by atoms with Gasteiger partial charge in [-0.3, -0.25) is 4.79 Å². The Morgan fingerprint density at radius 2 is 1.58 bits per heavy atom. The van der Waals surface area contributed by atoms with E-state index in [2.05, 4.69) is 41.5 Å². The Kier molecular flexibility index (Phi) is 4.91. The molecule has 0 aliphatic carbocycles. The molecule has 1 aromatic heterocycles. The second kappa shape index (κ2) is 6.32. The molecule has 1 N–H and O–H groups in total. The van der Waals surface area contributed by atoms with Crippen LogP contribution in [-0.2, 0) is 17.4 Å². The van der Waals surface area contributed by atoms with E-state index in [9.17, 15) is 9.90 Å². The van der Waals surface area contributed by atoms with E-state index >= 15 is 0 Å². The van der Waals surface area contributed by atoms with Crippen molar-refractivity contribution in [3.63, 3.8) is 0 Å². The third-order valence-corrected chi connectivity index (χ3v) is 5.09. The summed E-state index contributed by atoms with van der Waals surface area (Å²) < 4.78 is 1.97. The molecule has 0 unspecified atom stereocenters. The molecule has 0 amide bonds. The number of carbonyl (C=O) groups is 1. The standard InChI is InChI=1S/C20H27NO2S/c1-13-11-24-12-21(13)10-17(22)14-8-15(19(2,3)4)18(23)16(9-14)20(5,6)7/h8-9,11-12H,10H2,1-7H3/p+1. The van der Waals surface area contributed by atoms with Gasteiger partial charge in [0.15, 0.2) is 5.69 Å². The van der Waals surface area contributed by atoms with Crippen LogP contribution in [0.1, 0.15) is 68.7 Å². The number of hydrogen-bond acceptors (Lipinski definition) is 3. The molecule has 24 heavy (non-hydrogen) atoms. The number of phenols is 1. The summed E-state index contributed by atoms with van der Waals surface area (Å²) in [5, 5.41) is 12.8. The molecule has 1 heterocycles. The topological polar surface area (TPSA) is 41.2 Å². The summed E-state index contributed by atoms with van der Waals surface area (Å²) in [4.78, 5) is 12.8. The summed E-state index contributed by atoms with van der Waals surface area (Å²) in [6.45, 7) is 14.7. The average Bonchev–Trinajstić information content (AvgIpc) is 2.81. The lowest BCUT2D eigenvalue weighted by Crippen LogP contribution is -2.38. The lowest BCUT2D eigenvalue weighted by molar-refractivity contribution is -0.684. The van der Waals surface area contributed by atoms with Crippen LogP contribution in [0.4, 0.5) is 0 Å². The molecule has 0 bridgehead atoms.